The van der Waals surface area contributed by atoms with Crippen molar-refractivity contribution in [2.24, 2.45) is 0 Å². The second kappa shape index (κ2) is 6.45. The summed E-state index contributed by atoms with van der Waals surface area (Å²) in [6, 6.07) is 3.41. The topological polar surface area (TPSA) is 57.6 Å². The van der Waals surface area contributed by atoms with Gasteiger partial charge in [-0.25, -0.2) is 12.8 Å². The number of hydrogen-bond acceptors (Lipinski definition) is 3. The highest BCUT2D eigenvalue weighted by molar-refractivity contribution is 7.89. The first kappa shape index (κ1) is 16.1. The van der Waals surface area contributed by atoms with E-state index in [1.165, 1.54) is 16.4 Å². The van der Waals surface area contributed by atoms with E-state index >= 15 is 0 Å². The zero-order valence-electron chi connectivity index (χ0n) is 11.4. The zero-order valence-corrected chi connectivity index (χ0v) is 12.2. The van der Waals surface area contributed by atoms with E-state index in [9.17, 15) is 12.8 Å². The summed E-state index contributed by atoms with van der Waals surface area (Å²) in [6.45, 7) is 5.29. The molecular weight excluding hydrogens is 269 g/mol. The number of nitrogens with zero attached hydrogens (tertiary/aromatic N) is 1. The first-order valence-corrected chi connectivity index (χ1v) is 7.63. The molecule has 1 N–H and O–H groups in total. The molecule has 6 heteroatoms. The molecule has 0 aliphatic carbocycles. The Kier molecular flexibility index (Phi) is 5.46. The molecule has 0 bridgehead atoms. The van der Waals surface area contributed by atoms with Gasteiger partial charge < -0.3 is 5.11 Å². The fraction of sp³-hybridized carbons (Fsp3) is 0.538. The molecule has 0 radical (unpaired) electrons. The van der Waals surface area contributed by atoms with Gasteiger partial charge in [-0.1, -0.05) is 0 Å². The van der Waals surface area contributed by atoms with Gasteiger partial charge in [0.25, 0.3) is 0 Å². The maximum absolute atomic E-state index is 13.1. The highest BCUT2D eigenvalue weighted by atomic mass is 32.2. The third kappa shape index (κ3) is 3.75. The van der Waals surface area contributed by atoms with E-state index in [-0.39, 0.29) is 24.1 Å². The lowest BCUT2D eigenvalue weighted by Crippen LogP contribution is -2.38. The fourth-order valence-electron chi connectivity index (χ4n) is 1.91. The van der Waals surface area contributed by atoms with E-state index in [4.69, 9.17) is 5.11 Å². The molecule has 1 rings (SSSR count). The quantitative estimate of drug-likeness (QED) is 0.870. The SMILES string of the molecule is Cc1cc(F)ccc1S(=O)(=O)N(CCCO)C(C)C. The van der Waals surface area contributed by atoms with Crippen molar-refractivity contribution in [1.82, 2.24) is 4.31 Å². The summed E-state index contributed by atoms with van der Waals surface area (Å²) in [4.78, 5) is 0.112. The number of halogens is 1. The van der Waals surface area contributed by atoms with Gasteiger partial charge >= 0.3 is 0 Å². The van der Waals surface area contributed by atoms with Crippen LogP contribution in [-0.2, 0) is 10.0 Å². The summed E-state index contributed by atoms with van der Waals surface area (Å²) in [7, 11) is -3.66. The maximum atomic E-state index is 13.1. The maximum Gasteiger partial charge on any atom is 0.243 e. The lowest BCUT2D eigenvalue weighted by Gasteiger charge is -2.26. The van der Waals surface area contributed by atoms with E-state index in [1.807, 2.05) is 0 Å². The Labute approximate surface area is 113 Å². The smallest absolute Gasteiger partial charge is 0.243 e. The number of aliphatic hydroxyl groups excluding tert-OH is 1. The van der Waals surface area contributed by atoms with Crippen molar-refractivity contribution < 1.29 is 17.9 Å². The van der Waals surface area contributed by atoms with Crippen LogP contribution in [0.3, 0.4) is 0 Å². The van der Waals surface area contributed by atoms with Gasteiger partial charge in [0.2, 0.25) is 10.0 Å². The summed E-state index contributed by atoms with van der Waals surface area (Å²) >= 11 is 0. The molecule has 0 atom stereocenters. The van der Waals surface area contributed by atoms with E-state index in [0.717, 1.165) is 6.07 Å². The predicted octanol–water partition coefficient (Wildman–Crippen LogP) is 1.92. The third-order valence-corrected chi connectivity index (χ3v) is 5.07. The molecule has 108 valence electrons. The van der Waals surface area contributed by atoms with Gasteiger partial charge in [0, 0.05) is 19.2 Å². The Hall–Kier alpha value is -0.980. The van der Waals surface area contributed by atoms with Crippen LogP contribution in [0.5, 0.6) is 0 Å². The van der Waals surface area contributed by atoms with Crippen LogP contribution < -0.4 is 0 Å². The summed E-state index contributed by atoms with van der Waals surface area (Å²) in [6.07, 6.45) is 0.373. The van der Waals surface area contributed by atoms with Crippen molar-refractivity contribution in [1.29, 1.82) is 0 Å². The highest BCUT2D eigenvalue weighted by Gasteiger charge is 2.27. The van der Waals surface area contributed by atoms with Crippen LogP contribution in [-0.4, -0.2) is 37.0 Å². The van der Waals surface area contributed by atoms with Gasteiger partial charge in [0.1, 0.15) is 5.82 Å². The van der Waals surface area contributed by atoms with Gasteiger partial charge in [-0.2, -0.15) is 4.31 Å². The van der Waals surface area contributed by atoms with E-state index in [0.29, 0.717) is 12.0 Å². The number of benzene rings is 1. The zero-order chi connectivity index (χ0) is 14.6. The first-order chi connectivity index (χ1) is 8.80. The van der Waals surface area contributed by atoms with Crippen LogP contribution in [0.1, 0.15) is 25.8 Å². The second-order valence-corrected chi connectivity index (χ2v) is 6.56. The van der Waals surface area contributed by atoms with E-state index in [1.54, 1.807) is 20.8 Å². The van der Waals surface area contributed by atoms with Gasteiger partial charge in [-0.3, -0.25) is 0 Å². The Bertz CT molecular complexity index is 529. The minimum Gasteiger partial charge on any atom is -0.396 e. The molecule has 0 aliphatic rings. The number of sulfonamides is 1. The predicted molar refractivity (Wildman–Crippen MR) is 71.9 cm³/mol. The average Bonchev–Trinajstić information content (AvgIpc) is 2.27. The lowest BCUT2D eigenvalue weighted by atomic mass is 10.2. The molecule has 1 aromatic rings. The Balaban J connectivity index is 3.19. The summed E-state index contributed by atoms with van der Waals surface area (Å²) in [5.74, 6) is -0.456. The molecule has 0 unspecified atom stereocenters. The van der Waals surface area contributed by atoms with E-state index < -0.39 is 15.8 Å². The van der Waals surface area contributed by atoms with Crippen LogP contribution in [0, 0.1) is 12.7 Å². The molecule has 0 fully saturated rings. The molecular formula is C13H20FNO3S. The molecule has 0 saturated heterocycles. The minimum absolute atomic E-state index is 0.0683. The van der Waals surface area contributed by atoms with Gasteiger partial charge in [0.05, 0.1) is 4.90 Å². The fourth-order valence-corrected chi connectivity index (χ4v) is 3.79. The van der Waals surface area contributed by atoms with Crippen molar-refractivity contribution in [3.8, 4) is 0 Å². The number of aliphatic hydroxyl groups is 1. The van der Waals surface area contributed by atoms with Gasteiger partial charge in [-0.05, 0) is 51.0 Å². The number of aryl methyl sites for hydroxylation is 1. The monoisotopic (exact) mass is 289 g/mol. The third-order valence-electron chi connectivity index (χ3n) is 2.84. The summed E-state index contributed by atoms with van der Waals surface area (Å²) < 4.78 is 39.4. The van der Waals surface area contributed by atoms with Crippen molar-refractivity contribution in [3.63, 3.8) is 0 Å². The van der Waals surface area contributed by atoms with Crippen LogP contribution in [0.25, 0.3) is 0 Å². The van der Waals surface area contributed by atoms with Crippen LogP contribution >= 0.6 is 0 Å². The standard InChI is InChI=1S/C13H20FNO3S/c1-10(2)15(7-4-8-16)19(17,18)13-6-5-12(14)9-11(13)3/h5-6,9-10,16H,4,7-8H2,1-3H3. The van der Waals surface area contributed by atoms with Gasteiger partial charge in [-0.15, -0.1) is 0 Å². The molecule has 0 heterocycles. The molecule has 0 spiro atoms. The molecule has 0 amide bonds. The molecule has 4 nitrogen and oxygen atoms in total. The lowest BCUT2D eigenvalue weighted by molar-refractivity contribution is 0.258. The first-order valence-electron chi connectivity index (χ1n) is 6.19. The van der Waals surface area contributed by atoms with Crippen LogP contribution in [0.4, 0.5) is 4.39 Å². The van der Waals surface area contributed by atoms with E-state index in [2.05, 4.69) is 0 Å². The summed E-state index contributed by atoms with van der Waals surface area (Å²) in [5.41, 5.74) is 0.384. The van der Waals surface area contributed by atoms with Crippen LogP contribution in [0.15, 0.2) is 23.1 Å². The normalized spacial score (nSPS) is 12.4. The van der Waals surface area contributed by atoms with Crippen LogP contribution in [0.2, 0.25) is 0 Å². The highest BCUT2D eigenvalue weighted by Crippen LogP contribution is 2.22. The number of hydrogen-bond donors (Lipinski definition) is 1. The summed E-state index contributed by atoms with van der Waals surface area (Å²) in [5, 5.41) is 8.85. The molecule has 19 heavy (non-hydrogen) atoms. The van der Waals surface area contributed by atoms with Crippen molar-refractivity contribution in [3.05, 3.63) is 29.6 Å². The largest absolute Gasteiger partial charge is 0.396 e. The van der Waals surface area contributed by atoms with Gasteiger partial charge in [0.15, 0.2) is 0 Å². The Morgan fingerprint density at radius 3 is 2.47 bits per heavy atom. The van der Waals surface area contributed by atoms with Crippen molar-refractivity contribution in [2.45, 2.75) is 38.1 Å². The average molecular weight is 289 g/mol. The second-order valence-electron chi connectivity index (χ2n) is 4.70. The van der Waals surface area contributed by atoms with Crippen molar-refractivity contribution in [2.75, 3.05) is 13.2 Å². The Morgan fingerprint density at radius 1 is 1.37 bits per heavy atom. The molecule has 0 aromatic heterocycles. The number of rotatable bonds is 6. The molecule has 0 saturated carbocycles. The molecule has 1 aromatic carbocycles. The van der Waals surface area contributed by atoms with Crippen molar-refractivity contribution >= 4 is 10.0 Å². The Morgan fingerprint density at radius 2 is 2.00 bits per heavy atom. The minimum atomic E-state index is -3.66. The molecule has 0 aliphatic heterocycles.